The van der Waals surface area contributed by atoms with Crippen molar-refractivity contribution < 1.29 is 18.7 Å². The molecule has 1 aromatic heterocycles. The van der Waals surface area contributed by atoms with Gasteiger partial charge in [-0.15, -0.1) is 11.3 Å². The third kappa shape index (κ3) is 3.17. The minimum Gasteiger partial charge on any atom is -0.454 e. The van der Waals surface area contributed by atoms with Crippen LogP contribution in [0.3, 0.4) is 0 Å². The summed E-state index contributed by atoms with van der Waals surface area (Å²) < 4.78 is 23.8. The predicted molar refractivity (Wildman–Crippen MR) is 109 cm³/mol. The van der Waals surface area contributed by atoms with Crippen LogP contribution in [0.4, 0.5) is 9.52 Å². The van der Waals surface area contributed by atoms with E-state index in [2.05, 4.69) is 10.1 Å². The van der Waals surface area contributed by atoms with Gasteiger partial charge in [-0.05, 0) is 55.0 Å². The summed E-state index contributed by atoms with van der Waals surface area (Å²) in [7, 11) is 0. The number of anilines is 1. The van der Waals surface area contributed by atoms with Gasteiger partial charge < -0.3 is 9.47 Å². The van der Waals surface area contributed by atoms with Crippen LogP contribution in [0.5, 0.6) is 11.5 Å². The molecule has 0 fully saturated rings. The number of thiazole rings is 1. The van der Waals surface area contributed by atoms with Gasteiger partial charge in [-0.25, -0.2) is 9.37 Å². The molecule has 0 saturated carbocycles. The summed E-state index contributed by atoms with van der Waals surface area (Å²) in [6.07, 6.45) is 1.78. The zero-order chi connectivity index (χ0) is 20.0. The van der Waals surface area contributed by atoms with E-state index in [0.29, 0.717) is 33.6 Å². The van der Waals surface area contributed by atoms with Crippen molar-refractivity contribution in [3.05, 3.63) is 64.8 Å². The maximum Gasteiger partial charge on any atom is 0.282 e. The quantitative estimate of drug-likeness (QED) is 0.601. The van der Waals surface area contributed by atoms with Gasteiger partial charge in [0.15, 0.2) is 11.5 Å². The van der Waals surface area contributed by atoms with Crippen molar-refractivity contribution in [2.75, 3.05) is 11.8 Å². The van der Waals surface area contributed by atoms with E-state index >= 15 is 0 Å². The highest BCUT2D eigenvalue weighted by molar-refractivity contribution is 7.14. The van der Waals surface area contributed by atoms with Gasteiger partial charge in [-0.1, -0.05) is 6.07 Å². The van der Waals surface area contributed by atoms with Gasteiger partial charge in [0.1, 0.15) is 5.82 Å². The summed E-state index contributed by atoms with van der Waals surface area (Å²) in [5.74, 6) is 0.783. The summed E-state index contributed by atoms with van der Waals surface area (Å²) in [4.78, 5) is 17.4. The summed E-state index contributed by atoms with van der Waals surface area (Å²) >= 11 is 1.31. The average Bonchev–Trinajstić information content (AvgIpc) is 3.44. The zero-order valence-corrected chi connectivity index (χ0v) is 16.1. The molecule has 1 amide bonds. The predicted octanol–water partition coefficient (Wildman–Crippen LogP) is 4.48. The molecule has 2 aliphatic heterocycles. The minimum atomic E-state index is -0.308. The van der Waals surface area contributed by atoms with Crippen molar-refractivity contribution in [1.29, 1.82) is 0 Å². The monoisotopic (exact) mass is 407 g/mol. The fraction of sp³-hybridized carbons (Fsp3) is 0.0952. The van der Waals surface area contributed by atoms with Gasteiger partial charge in [0.05, 0.1) is 17.0 Å². The molecule has 0 radical (unpaired) electrons. The van der Waals surface area contributed by atoms with Crippen LogP contribution < -0.4 is 14.5 Å². The number of hydrazone groups is 1. The first kappa shape index (κ1) is 17.6. The number of fused-ring (bicyclic) bond motifs is 1. The zero-order valence-electron chi connectivity index (χ0n) is 15.3. The first-order valence-electron chi connectivity index (χ1n) is 8.81. The normalized spacial score (nSPS) is 16.6. The SMILES string of the molecule is CC1=NN(c2nc(-c3ccc(F)cc3)cs2)C(=O)C1=Cc1ccc2c(c1)OCO2. The number of rotatable bonds is 3. The van der Waals surface area contributed by atoms with Crippen molar-refractivity contribution in [3.8, 4) is 22.8 Å². The fourth-order valence-electron chi connectivity index (χ4n) is 3.10. The van der Waals surface area contributed by atoms with E-state index in [4.69, 9.17) is 9.47 Å². The van der Waals surface area contributed by atoms with Crippen LogP contribution >= 0.6 is 11.3 Å². The minimum absolute atomic E-state index is 0.197. The Morgan fingerprint density at radius 2 is 1.93 bits per heavy atom. The highest BCUT2D eigenvalue weighted by atomic mass is 32.1. The molecule has 3 heterocycles. The third-order valence-corrected chi connectivity index (χ3v) is 5.40. The lowest BCUT2D eigenvalue weighted by atomic mass is 10.1. The lowest BCUT2D eigenvalue weighted by molar-refractivity contribution is -0.114. The summed E-state index contributed by atoms with van der Waals surface area (Å²) in [6.45, 7) is 1.98. The number of carbonyl (C=O) groups excluding carboxylic acids is 1. The van der Waals surface area contributed by atoms with Crippen molar-refractivity contribution >= 4 is 34.2 Å². The number of ether oxygens (including phenoxy) is 2. The van der Waals surface area contributed by atoms with Crippen LogP contribution in [-0.2, 0) is 4.79 Å². The number of aromatic nitrogens is 1. The van der Waals surface area contributed by atoms with Crippen LogP contribution in [-0.4, -0.2) is 23.4 Å². The van der Waals surface area contributed by atoms with Crippen molar-refractivity contribution in [2.24, 2.45) is 5.10 Å². The molecule has 29 heavy (non-hydrogen) atoms. The number of nitrogens with zero attached hydrogens (tertiary/aromatic N) is 3. The Hall–Kier alpha value is -3.52. The molecule has 2 aromatic carbocycles. The van der Waals surface area contributed by atoms with Gasteiger partial charge in [-0.3, -0.25) is 4.79 Å². The van der Waals surface area contributed by atoms with Gasteiger partial charge >= 0.3 is 0 Å². The Kier molecular flexibility index (Phi) is 4.13. The molecule has 5 rings (SSSR count). The fourth-order valence-corrected chi connectivity index (χ4v) is 3.88. The molecular weight excluding hydrogens is 393 g/mol. The van der Waals surface area contributed by atoms with Gasteiger partial charge in [-0.2, -0.15) is 10.1 Å². The van der Waals surface area contributed by atoms with Crippen LogP contribution in [0.25, 0.3) is 17.3 Å². The van der Waals surface area contributed by atoms with E-state index in [-0.39, 0.29) is 18.5 Å². The van der Waals surface area contributed by atoms with Gasteiger partial charge in [0, 0.05) is 10.9 Å². The lowest BCUT2D eigenvalue weighted by Crippen LogP contribution is -2.21. The summed E-state index contributed by atoms with van der Waals surface area (Å²) in [6, 6.07) is 11.6. The first-order valence-corrected chi connectivity index (χ1v) is 9.69. The van der Waals surface area contributed by atoms with E-state index in [1.165, 1.54) is 28.5 Å². The number of carbonyl (C=O) groups is 1. The molecule has 0 atom stereocenters. The highest BCUT2D eigenvalue weighted by Crippen LogP contribution is 2.35. The number of benzene rings is 2. The second kappa shape index (κ2) is 6.82. The Morgan fingerprint density at radius 3 is 2.76 bits per heavy atom. The Morgan fingerprint density at radius 1 is 1.14 bits per heavy atom. The first-order chi connectivity index (χ1) is 14.1. The maximum absolute atomic E-state index is 13.1. The van der Waals surface area contributed by atoms with Crippen molar-refractivity contribution in [3.63, 3.8) is 0 Å². The number of amides is 1. The smallest absolute Gasteiger partial charge is 0.282 e. The molecule has 0 bridgehead atoms. The molecule has 0 aliphatic carbocycles. The molecule has 2 aliphatic rings. The van der Waals surface area contributed by atoms with E-state index in [9.17, 15) is 9.18 Å². The van der Waals surface area contributed by atoms with E-state index in [1.54, 1.807) is 25.1 Å². The molecule has 0 unspecified atom stereocenters. The van der Waals surface area contributed by atoms with Crippen LogP contribution in [0, 0.1) is 5.82 Å². The van der Waals surface area contributed by atoms with Crippen molar-refractivity contribution in [1.82, 2.24) is 4.98 Å². The second-order valence-corrected chi connectivity index (χ2v) is 7.33. The number of hydrogen-bond acceptors (Lipinski definition) is 6. The summed E-state index contributed by atoms with van der Waals surface area (Å²) in [5, 5.41) is 7.95. The van der Waals surface area contributed by atoms with Gasteiger partial charge in [0.2, 0.25) is 11.9 Å². The second-order valence-electron chi connectivity index (χ2n) is 6.50. The van der Waals surface area contributed by atoms with E-state index in [1.807, 2.05) is 23.6 Å². The maximum atomic E-state index is 13.1. The number of hydrogen-bond donors (Lipinski definition) is 0. The summed E-state index contributed by atoms with van der Waals surface area (Å²) in [5.41, 5.74) is 3.35. The molecule has 8 heteroatoms. The Bertz CT molecular complexity index is 1180. The Labute approximate surface area is 169 Å². The molecule has 0 saturated heterocycles. The molecule has 6 nitrogen and oxygen atoms in total. The molecule has 3 aromatic rings. The largest absolute Gasteiger partial charge is 0.454 e. The van der Waals surface area contributed by atoms with Crippen LogP contribution in [0.15, 0.2) is 58.5 Å². The van der Waals surface area contributed by atoms with Crippen molar-refractivity contribution in [2.45, 2.75) is 6.92 Å². The average molecular weight is 407 g/mol. The third-order valence-electron chi connectivity index (χ3n) is 4.58. The number of halogens is 1. The highest BCUT2D eigenvalue weighted by Gasteiger charge is 2.31. The van der Waals surface area contributed by atoms with Gasteiger partial charge in [0.25, 0.3) is 5.91 Å². The standard InChI is InChI=1S/C21H14FN3O3S/c1-12-16(8-13-2-7-18-19(9-13)28-11-27-18)20(26)25(24-12)21-23-17(10-29-21)14-3-5-15(22)6-4-14/h2-10H,11H2,1H3. The molecular formula is C21H14FN3O3S. The van der Waals surface area contributed by atoms with E-state index in [0.717, 1.165) is 11.1 Å². The van der Waals surface area contributed by atoms with Crippen LogP contribution in [0.2, 0.25) is 0 Å². The lowest BCUT2D eigenvalue weighted by Gasteiger charge is -2.07. The molecule has 0 spiro atoms. The topological polar surface area (TPSA) is 64.0 Å². The molecule has 144 valence electrons. The van der Waals surface area contributed by atoms with Crippen LogP contribution in [0.1, 0.15) is 12.5 Å². The molecule has 0 N–H and O–H groups in total. The Balaban J connectivity index is 1.42. The van der Waals surface area contributed by atoms with E-state index < -0.39 is 0 Å².